The molecule has 0 radical (unpaired) electrons. The summed E-state index contributed by atoms with van der Waals surface area (Å²) in [5, 5.41) is 19.2. The first-order chi connectivity index (χ1) is 11.4. The number of benzene rings is 1. The number of nitrogens with zero attached hydrogens (tertiary/aromatic N) is 4. The number of β-amino-alcohol motifs (C(OH)–C–C–N with tert-alkyl or cyclic N) is 1. The molecule has 1 aromatic carbocycles. The largest absolute Gasteiger partial charge is 0.390 e. The number of amides is 1. The minimum Gasteiger partial charge on any atom is -0.390 e. The summed E-state index contributed by atoms with van der Waals surface area (Å²) >= 11 is 0. The summed E-state index contributed by atoms with van der Waals surface area (Å²) in [6, 6.07) is 7.11. The van der Waals surface area contributed by atoms with E-state index in [0.717, 1.165) is 31.7 Å². The molecule has 1 saturated heterocycles. The Labute approximate surface area is 143 Å². The highest BCUT2D eigenvalue weighted by Gasteiger charge is 2.21. The van der Waals surface area contributed by atoms with E-state index < -0.39 is 6.10 Å². The molecule has 6 heteroatoms. The number of rotatable bonds is 5. The number of likely N-dealkylation sites (N-methyl/N-ethyl adjacent to an activating group) is 2. The van der Waals surface area contributed by atoms with Crippen LogP contribution in [0.3, 0.4) is 0 Å². The topological polar surface area (TPSA) is 70.8 Å². The van der Waals surface area contributed by atoms with E-state index in [2.05, 4.69) is 22.9 Å². The van der Waals surface area contributed by atoms with Crippen molar-refractivity contribution in [1.29, 1.82) is 5.26 Å². The van der Waals surface area contributed by atoms with E-state index in [1.807, 2.05) is 6.92 Å². The van der Waals surface area contributed by atoms with E-state index in [1.54, 1.807) is 30.1 Å². The summed E-state index contributed by atoms with van der Waals surface area (Å²) in [5.41, 5.74) is 1.89. The van der Waals surface area contributed by atoms with Crippen LogP contribution in [-0.2, 0) is 0 Å². The minimum atomic E-state index is -0.568. The van der Waals surface area contributed by atoms with E-state index >= 15 is 0 Å². The Kier molecular flexibility index (Phi) is 6.32. The highest BCUT2D eigenvalue weighted by atomic mass is 16.3. The summed E-state index contributed by atoms with van der Waals surface area (Å²) in [7, 11) is 3.80. The van der Waals surface area contributed by atoms with Gasteiger partial charge in [0.25, 0.3) is 5.91 Å². The molecule has 0 aromatic heterocycles. The Morgan fingerprint density at radius 2 is 2.04 bits per heavy atom. The number of hydrogen-bond donors (Lipinski definition) is 1. The SMILES string of the molecule is Cc1cc(C#N)ccc1C(=O)N(C)CC(O)CN1CCN(C)CC1. The molecule has 1 amide bonds. The summed E-state index contributed by atoms with van der Waals surface area (Å²) in [6.07, 6.45) is -0.568. The van der Waals surface area contributed by atoms with E-state index in [-0.39, 0.29) is 5.91 Å². The zero-order valence-corrected chi connectivity index (χ0v) is 14.7. The Hall–Kier alpha value is -1.94. The van der Waals surface area contributed by atoms with Gasteiger partial charge in [-0.25, -0.2) is 0 Å². The van der Waals surface area contributed by atoms with Gasteiger partial charge in [-0.3, -0.25) is 9.69 Å². The third kappa shape index (κ3) is 4.78. The zero-order chi connectivity index (χ0) is 17.7. The Morgan fingerprint density at radius 3 is 2.62 bits per heavy atom. The van der Waals surface area contributed by atoms with Gasteiger partial charge < -0.3 is 14.9 Å². The quantitative estimate of drug-likeness (QED) is 0.854. The van der Waals surface area contributed by atoms with E-state index in [1.165, 1.54) is 0 Å². The van der Waals surface area contributed by atoms with Crippen LogP contribution in [0.4, 0.5) is 0 Å². The van der Waals surface area contributed by atoms with Gasteiger partial charge in [0, 0.05) is 51.9 Å². The smallest absolute Gasteiger partial charge is 0.253 e. The highest BCUT2D eigenvalue weighted by molar-refractivity contribution is 5.95. The van der Waals surface area contributed by atoms with Crippen molar-refractivity contribution in [2.45, 2.75) is 13.0 Å². The lowest BCUT2D eigenvalue weighted by Crippen LogP contribution is -2.49. The fourth-order valence-electron chi connectivity index (χ4n) is 2.96. The van der Waals surface area contributed by atoms with Crippen LogP contribution in [0.5, 0.6) is 0 Å². The van der Waals surface area contributed by atoms with Crippen LogP contribution in [-0.4, -0.2) is 85.2 Å². The summed E-state index contributed by atoms with van der Waals surface area (Å²) in [5.74, 6) is -0.130. The monoisotopic (exact) mass is 330 g/mol. The molecule has 0 aliphatic carbocycles. The molecule has 0 spiro atoms. The molecule has 1 atom stereocenters. The van der Waals surface area contributed by atoms with Crippen LogP contribution >= 0.6 is 0 Å². The average Bonchev–Trinajstić information content (AvgIpc) is 2.56. The van der Waals surface area contributed by atoms with Crippen LogP contribution in [0, 0.1) is 18.3 Å². The molecular formula is C18H26N4O2. The number of carbonyl (C=O) groups excluding carboxylic acids is 1. The highest BCUT2D eigenvalue weighted by Crippen LogP contribution is 2.13. The first kappa shape index (κ1) is 18.4. The second-order valence-electron chi connectivity index (χ2n) is 6.58. The van der Waals surface area contributed by atoms with Gasteiger partial charge in [-0.2, -0.15) is 5.26 Å². The van der Waals surface area contributed by atoms with Gasteiger partial charge in [-0.15, -0.1) is 0 Å². The minimum absolute atomic E-state index is 0.130. The van der Waals surface area contributed by atoms with Gasteiger partial charge in [0.2, 0.25) is 0 Å². The molecule has 1 aliphatic rings. The number of aryl methyl sites for hydroxylation is 1. The van der Waals surface area contributed by atoms with Gasteiger partial charge in [-0.05, 0) is 37.7 Å². The van der Waals surface area contributed by atoms with Crippen molar-refractivity contribution in [1.82, 2.24) is 14.7 Å². The van der Waals surface area contributed by atoms with Crippen LogP contribution in [0.2, 0.25) is 0 Å². The number of aliphatic hydroxyl groups is 1. The molecule has 1 aliphatic heterocycles. The number of aliphatic hydroxyl groups excluding tert-OH is 1. The molecule has 6 nitrogen and oxygen atoms in total. The van der Waals surface area contributed by atoms with Crippen LogP contribution < -0.4 is 0 Å². The van der Waals surface area contributed by atoms with Crippen molar-refractivity contribution in [2.75, 3.05) is 53.4 Å². The Morgan fingerprint density at radius 1 is 1.38 bits per heavy atom. The molecule has 1 aromatic rings. The Bertz CT molecular complexity index is 618. The van der Waals surface area contributed by atoms with E-state index in [4.69, 9.17) is 5.26 Å². The van der Waals surface area contributed by atoms with Crippen LogP contribution in [0.15, 0.2) is 18.2 Å². The van der Waals surface area contributed by atoms with Crippen LogP contribution in [0.1, 0.15) is 21.5 Å². The lowest BCUT2D eigenvalue weighted by molar-refractivity contribution is 0.0501. The van der Waals surface area contributed by atoms with E-state index in [0.29, 0.717) is 24.2 Å². The van der Waals surface area contributed by atoms with E-state index in [9.17, 15) is 9.90 Å². The predicted molar refractivity (Wildman–Crippen MR) is 92.8 cm³/mol. The summed E-state index contributed by atoms with van der Waals surface area (Å²) in [6.45, 7) is 6.60. The zero-order valence-electron chi connectivity index (χ0n) is 14.7. The molecule has 1 heterocycles. The third-order valence-electron chi connectivity index (χ3n) is 4.48. The first-order valence-corrected chi connectivity index (χ1v) is 8.26. The second-order valence-corrected chi connectivity index (χ2v) is 6.58. The molecule has 1 fully saturated rings. The molecule has 1 unspecified atom stereocenters. The number of carbonyl (C=O) groups is 1. The summed E-state index contributed by atoms with van der Waals surface area (Å²) < 4.78 is 0. The van der Waals surface area contributed by atoms with Crippen LogP contribution in [0.25, 0.3) is 0 Å². The van der Waals surface area contributed by atoms with Gasteiger partial charge in [-0.1, -0.05) is 0 Å². The normalized spacial score (nSPS) is 17.3. The lowest BCUT2D eigenvalue weighted by Gasteiger charge is -2.34. The third-order valence-corrected chi connectivity index (χ3v) is 4.48. The molecular weight excluding hydrogens is 304 g/mol. The molecule has 1 N–H and O–H groups in total. The van der Waals surface area contributed by atoms with Gasteiger partial charge in [0.1, 0.15) is 0 Å². The predicted octanol–water partition coefficient (Wildman–Crippen LogP) is 0.547. The standard InChI is InChI=1S/C18H26N4O2/c1-14-10-15(11-19)4-5-17(14)18(24)21(3)12-16(23)13-22-8-6-20(2)7-9-22/h4-5,10,16,23H,6-9,12-13H2,1-3H3. The van der Waals surface area contributed by atoms with Crippen molar-refractivity contribution >= 4 is 5.91 Å². The maximum atomic E-state index is 12.5. The van der Waals surface area contributed by atoms with Gasteiger partial charge >= 0.3 is 0 Å². The maximum absolute atomic E-state index is 12.5. The van der Waals surface area contributed by atoms with Crippen molar-refractivity contribution in [3.8, 4) is 6.07 Å². The van der Waals surface area contributed by atoms with Crippen molar-refractivity contribution in [3.63, 3.8) is 0 Å². The molecule has 130 valence electrons. The van der Waals surface area contributed by atoms with Gasteiger partial charge in [0.15, 0.2) is 0 Å². The first-order valence-electron chi connectivity index (χ1n) is 8.26. The number of piperazine rings is 1. The number of hydrogen-bond acceptors (Lipinski definition) is 5. The second kappa shape index (κ2) is 8.25. The Balaban J connectivity index is 1.90. The maximum Gasteiger partial charge on any atom is 0.253 e. The average molecular weight is 330 g/mol. The lowest BCUT2D eigenvalue weighted by atomic mass is 10.0. The number of nitriles is 1. The van der Waals surface area contributed by atoms with Gasteiger partial charge in [0.05, 0.1) is 17.7 Å². The fourth-order valence-corrected chi connectivity index (χ4v) is 2.96. The molecule has 0 bridgehead atoms. The van der Waals surface area contributed by atoms with Crippen molar-refractivity contribution in [2.24, 2.45) is 0 Å². The molecule has 24 heavy (non-hydrogen) atoms. The van der Waals surface area contributed by atoms with Crippen molar-refractivity contribution in [3.05, 3.63) is 34.9 Å². The van der Waals surface area contributed by atoms with Crippen molar-refractivity contribution < 1.29 is 9.90 Å². The fraction of sp³-hybridized carbons (Fsp3) is 0.556. The molecule has 0 saturated carbocycles. The molecule has 2 rings (SSSR count). The summed E-state index contributed by atoms with van der Waals surface area (Å²) in [4.78, 5) is 18.6.